The summed E-state index contributed by atoms with van der Waals surface area (Å²) in [6.07, 6.45) is 3.00. The van der Waals surface area contributed by atoms with Gasteiger partial charge in [0.15, 0.2) is 0 Å². The predicted octanol–water partition coefficient (Wildman–Crippen LogP) is 3.77. The molecule has 0 fully saturated rings. The summed E-state index contributed by atoms with van der Waals surface area (Å²) in [5, 5.41) is 14.8. The standard InChI is InChI=1S/C17H18N2OS/c1-2-14-8-9-15(21-14)12-17(20)16-10-11-19(18-16)13-6-4-3-5-7-13/h3-11,17,20H,2,12H2,1H3. The first-order chi connectivity index (χ1) is 10.3. The van der Waals surface area contributed by atoms with Crippen LogP contribution >= 0.6 is 11.3 Å². The fourth-order valence-electron chi connectivity index (χ4n) is 2.26. The van der Waals surface area contributed by atoms with E-state index < -0.39 is 6.10 Å². The molecule has 0 saturated carbocycles. The van der Waals surface area contributed by atoms with Gasteiger partial charge in [0.2, 0.25) is 0 Å². The molecule has 0 bridgehead atoms. The van der Waals surface area contributed by atoms with E-state index in [9.17, 15) is 5.11 Å². The Kier molecular flexibility index (Phi) is 4.18. The van der Waals surface area contributed by atoms with Crippen molar-refractivity contribution in [3.8, 4) is 5.69 Å². The molecule has 0 aliphatic heterocycles. The van der Waals surface area contributed by atoms with Crippen molar-refractivity contribution in [2.24, 2.45) is 0 Å². The zero-order valence-corrected chi connectivity index (χ0v) is 12.8. The summed E-state index contributed by atoms with van der Waals surface area (Å²) in [7, 11) is 0. The number of aromatic nitrogens is 2. The molecule has 1 atom stereocenters. The molecule has 3 rings (SSSR count). The average molecular weight is 298 g/mol. The van der Waals surface area contributed by atoms with E-state index in [1.165, 1.54) is 9.75 Å². The number of benzene rings is 1. The van der Waals surface area contributed by atoms with Crippen molar-refractivity contribution in [1.82, 2.24) is 9.78 Å². The maximum absolute atomic E-state index is 10.3. The molecule has 21 heavy (non-hydrogen) atoms. The summed E-state index contributed by atoms with van der Waals surface area (Å²) < 4.78 is 1.80. The van der Waals surface area contributed by atoms with Gasteiger partial charge in [0, 0.05) is 22.4 Å². The van der Waals surface area contributed by atoms with Gasteiger partial charge in [0.05, 0.1) is 11.4 Å². The van der Waals surface area contributed by atoms with E-state index in [-0.39, 0.29) is 0 Å². The number of aliphatic hydroxyl groups is 1. The molecule has 3 aromatic rings. The quantitative estimate of drug-likeness (QED) is 0.778. The minimum absolute atomic E-state index is 0.557. The van der Waals surface area contributed by atoms with E-state index >= 15 is 0 Å². The molecule has 1 unspecified atom stereocenters. The number of hydrogen-bond acceptors (Lipinski definition) is 3. The number of rotatable bonds is 5. The zero-order chi connectivity index (χ0) is 14.7. The Hall–Kier alpha value is -1.91. The molecule has 0 amide bonds. The monoisotopic (exact) mass is 298 g/mol. The molecule has 4 heteroatoms. The van der Waals surface area contributed by atoms with Crippen LogP contribution in [0.3, 0.4) is 0 Å². The highest BCUT2D eigenvalue weighted by atomic mass is 32.1. The molecule has 0 saturated heterocycles. The Morgan fingerprint density at radius 2 is 1.86 bits per heavy atom. The zero-order valence-electron chi connectivity index (χ0n) is 11.9. The smallest absolute Gasteiger partial charge is 0.103 e. The second kappa shape index (κ2) is 6.24. The van der Waals surface area contributed by atoms with Crippen molar-refractivity contribution in [3.05, 3.63) is 70.2 Å². The van der Waals surface area contributed by atoms with Crippen molar-refractivity contribution in [2.45, 2.75) is 25.9 Å². The summed E-state index contributed by atoms with van der Waals surface area (Å²) in [6, 6.07) is 16.0. The number of nitrogens with zero attached hydrogens (tertiary/aromatic N) is 2. The Morgan fingerprint density at radius 1 is 1.10 bits per heavy atom. The number of para-hydroxylation sites is 1. The molecule has 0 spiro atoms. The first kappa shape index (κ1) is 14.0. The van der Waals surface area contributed by atoms with Gasteiger partial charge in [-0.05, 0) is 36.8 Å². The molecular formula is C17H18N2OS. The highest BCUT2D eigenvalue weighted by molar-refractivity contribution is 7.11. The van der Waals surface area contributed by atoms with E-state index in [0.29, 0.717) is 12.1 Å². The van der Waals surface area contributed by atoms with Gasteiger partial charge >= 0.3 is 0 Å². The summed E-state index contributed by atoms with van der Waals surface area (Å²) in [5.74, 6) is 0. The van der Waals surface area contributed by atoms with Crippen LogP contribution in [0, 0.1) is 0 Å². The molecule has 2 aromatic heterocycles. The Labute approximate surface area is 128 Å². The lowest BCUT2D eigenvalue weighted by Crippen LogP contribution is -2.03. The minimum atomic E-state index is -0.557. The fourth-order valence-corrected chi connectivity index (χ4v) is 3.25. The SMILES string of the molecule is CCc1ccc(CC(O)c2ccn(-c3ccccc3)n2)s1. The van der Waals surface area contributed by atoms with Crippen LogP contribution in [0.4, 0.5) is 0 Å². The third-order valence-corrected chi connectivity index (χ3v) is 4.68. The second-order valence-corrected chi connectivity index (χ2v) is 6.22. The first-order valence-electron chi connectivity index (χ1n) is 7.13. The second-order valence-electron chi connectivity index (χ2n) is 4.96. The van der Waals surface area contributed by atoms with Crippen molar-refractivity contribution in [3.63, 3.8) is 0 Å². The van der Waals surface area contributed by atoms with Crippen LogP contribution < -0.4 is 0 Å². The largest absolute Gasteiger partial charge is 0.386 e. The molecule has 3 nitrogen and oxygen atoms in total. The molecular weight excluding hydrogens is 280 g/mol. The first-order valence-corrected chi connectivity index (χ1v) is 7.94. The van der Waals surface area contributed by atoms with Gasteiger partial charge in [-0.3, -0.25) is 0 Å². The molecule has 0 aliphatic carbocycles. The topological polar surface area (TPSA) is 38.0 Å². The lowest BCUT2D eigenvalue weighted by Gasteiger charge is -2.06. The highest BCUT2D eigenvalue weighted by Gasteiger charge is 2.13. The van der Waals surface area contributed by atoms with Crippen LogP contribution in [0.2, 0.25) is 0 Å². The van der Waals surface area contributed by atoms with Gasteiger partial charge in [0.25, 0.3) is 0 Å². The van der Waals surface area contributed by atoms with Crippen LogP contribution in [0.5, 0.6) is 0 Å². The molecule has 108 valence electrons. The Morgan fingerprint density at radius 3 is 2.57 bits per heavy atom. The van der Waals surface area contributed by atoms with Gasteiger partial charge < -0.3 is 5.11 Å². The number of hydrogen-bond donors (Lipinski definition) is 1. The van der Waals surface area contributed by atoms with E-state index in [2.05, 4.69) is 24.2 Å². The van der Waals surface area contributed by atoms with E-state index in [0.717, 1.165) is 12.1 Å². The molecule has 1 aromatic carbocycles. The van der Waals surface area contributed by atoms with E-state index in [1.807, 2.05) is 42.6 Å². The van der Waals surface area contributed by atoms with Gasteiger partial charge in [-0.1, -0.05) is 25.1 Å². The number of thiophene rings is 1. The van der Waals surface area contributed by atoms with Crippen molar-refractivity contribution in [1.29, 1.82) is 0 Å². The average Bonchev–Trinajstić information content (AvgIpc) is 3.17. The third-order valence-electron chi connectivity index (χ3n) is 3.43. The van der Waals surface area contributed by atoms with Crippen LogP contribution in [-0.2, 0) is 12.8 Å². The van der Waals surface area contributed by atoms with E-state index in [4.69, 9.17) is 0 Å². The minimum Gasteiger partial charge on any atom is -0.386 e. The maximum atomic E-state index is 10.3. The molecule has 0 radical (unpaired) electrons. The summed E-state index contributed by atoms with van der Waals surface area (Å²) >= 11 is 1.76. The number of aliphatic hydroxyl groups excluding tert-OH is 1. The highest BCUT2D eigenvalue weighted by Crippen LogP contribution is 2.23. The van der Waals surface area contributed by atoms with Gasteiger partial charge in [-0.2, -0.15) is 5.10 Å². The number of aryl methyl sites for hydroxylation is 1. The van der Waals surface area contributed by atoms with Crippen molar-refractivity contribution < 1.29 is 5.11 Å². The van der Waals surface area contributed by atoms with Gasteiger partial charge in [-0.25, -0.2) is 4.68 Å². The lowest BCUT2D eigenvalue weighted by molar-refractivity contribution is 0.174. The van der Waals surface area contributed by atoms with Crippen LogP contribution in [0.25, 0.3) is 5.69 Å². The normalized spacial score (nSPS) is 12.5. The third kappa shape index (κ3) is 3.23. The van der Waals surface area contributed by atoms with Gasteiger partial charge in [-0.15, -0.1) is 11.3 Å². The molecule has 1 N–H and O–H groups in total. The maximum Gasteiger partial charge on any atom is 0.103 e. The predicted molar refractivity (Wildman–Crippen MR) is 85.9 cm³/mol. The van der Waals surface area contributed by atoms with Gasteiger partial charge in [0.1, 0.15) is 6.10 Å². The summed E-state index contributed by atoms with van der Waals surface area (Å²) in [6.45, 7) is 2.15. The fraction of sp³-hybridized carbons (Fsp3) is 0.235. The molecule has 2 heterocycles. The Balaban J connectivity index is 1.73. The lowest BCUT2D eigenvalue weighted by atomic mass is 10.1. The molecule has 0 aliphatic rings. The van der Waals surface area contributed by atoms with Crippen LogP contribution in [-0.4, -0.2) is 14.9 Å². The Bertz CT molecular complexity index is 702. The summed E-state index contributed by atoms with van der Waals surface area (Å²) in [5.41, 5.74) is 1.71. The van der Waals surface area contributed by atoms with Crippen LogP contribution in [0.15, 0.2) is 54.7 Å². The van der Waals surface area contributed by atoms with E-state index in [1.54, 1.807) is 16.0 Å². The van der Waals surface area contributed by atoms with Crippen LogP contribution in [0.1, 0.15) is 28.5 Å². The van der Waals surface area contributed by atoms with Crippen molar-refractivity contribution >= 4 is 11.3 Å². The van der Waals surface area contributed by atoms with Crippen molar-refractivity contribution in [2.75, 3.05) is 0 Å². The summed E-state index contributed by atoms with van der Waals surface area (Å²) in [4.78, 5) is 2.56.